The number of carbonyl (C=O) groups excluding carboxylic acids is 2. The molecule has 1 aromatic heterocycles. The summed E-state index contributed by atoms with van der Waals surface area (Å²) >= 11 is 0. The quantitative estimate of drug-likeness (QED) is 0.650. The molecule has 1 atom stereocenters. The number of nitrogens with one attached hydrogen (secondary N) is 2. The Bertz CT molecular complexity index is 1050. The number of rotatable bonds is 7. The molecule has 2 amide bonds. The van der Waals surface area contributed by atoms with Gasteiger partial charge in [0.25, 0.3) is 5.91 Å². The van der Waals surface area contributed by atoms with E-state index in [0.29, 0.717) is 12.0 Å². The van der Waals surface area contributed by atoms with Crippen molar-refractivity contribution < 1.29 is 16.8 Å². The second-order valence-electron chi connectivity index (χ2n) is 8.43. The second kappa shape index (κ2) is 9.90. The van der Waals surface area contributed by atoms with Gasteiger partial charge in [-0.25, -0.2) is 4.39 Å². The standard InChI is InChI=1S/C25H27FN4O2.2H2/c1-30-11-8-22(9-12-30)28-24(31)15-23(29-25(32)18-3-2-10-27-16-18)20-13-19(14-20)17-4-6-21(26)7-5-17;;/h2-7,10,16,22-23H,8-9,11-13,15H2,1H3,(H,28,31)(H,29,32);2*1H. The lowest BCUT2D eigenvalue weighted by molar-refractivity contribution is -0.122. The summed E-state index contributed by atoms with van der Waals surface area (Å²) in [6.45, 7) is 1.92. The highest BCUT2D eigenvalue weighted by molar-refractivity contribution is 5.95. The van der Waals surface area contributed by atoms with Crippen LogP contribution in [-0.4, -0.2) is 53.9 Å². The summed E-state index contributed by atoms with van der Waals surface area (Å²) in [5.41, 5.74) is 6.42. The number of likely N-dealkylation sites (tertiary alicyclic amines) is 1. The topological polar surface area (TPSA) is 74.3 Å². The Morgan fingerprint density at radius 2 is 1.97 bits per heavy atom. The molecule has 2 N–H and O–H groups in total. The average Bonchev–Trinajstić information content (AvgIpc) is 2.76. The van der Waals surface area contributed by atoms with Crippen LogP contribution in [0.1, 0.15) is 44.5 Å². The molecule has 2 aliphatic rings. The van der Waals surface area contributed by atoms with Gasteiger partial charge in [0.05, 0.1) is 18.0 Å². The van der Waals surface area contributed by atoms with Crippen LogP contribution in [0.25, 0.3) is 5.57 Å². The summed E-state index contributed by atoms with van der Waals surface area (Å²) in [6.07, 6.45) is 5.69. The lowest BCUT2D eigenvalue weighted by Crippen LogP contribution is -2.46. The van der Waals surface area contributed by atoms with Gasteiger partial charge in [0.1, 0.15) is 5.82 Å². The fourth-order valence-corrected chi connectivity index (χ4v) is 4.03. The maximum atomic E-state index is 13.2. The van der Waals surface area contributed by atoms with Crippen LogP contribution in [0.2, 0.25) is 0 Å². The molecule has 2 aromatic rings. The minimum absolute atomic E-state index is 0. The highest BCUT2D eigenvalue weighted by atomic mass is 19.1. The maximum Gasteiger partial charge on any atom is 0.253 e. The van der Waals surface area contributed by atoms with Crippen molar-refractivity contribution in [1.29, 1.82) is 0 Å². The third-order valence-electron chi connectivity index (χ3n) is 5.99. The zero-order chi connectivity index (χ0) is 22.5. The molecule has 0 spiro atoms. The predicted molar refractivity (Wildman–Crippen MR) is 124 cm³/mol. The van der Waals surface area contributed by atoms with Gasteiger partial charge in [-0.3, -0.25) is 14.6 Å². The van der Waals surface area contributed by atoms with E-state index in [0.717, 1.165) is 42.6 Å². The van der Waals surface area contributed by atoms with Crippen LogP contribution in [0, 0.1) is 5.82 Å². The van der Waals surface area contributed by atoms with Gasteiger partial charge < -0.3 is 15.5 Å². The number of hydrogen-bond acceptors (Lipinski definition) is 4. The van der Waals surface area contributed by atoms with E-state index in [-0.39, 0.29) is 32.9 Å². The van der Waals surface area contributed by atoms with Gasteiger partial charge in [0.2, 0.25) is 5.91 Å². The molecule has 0 bridgehead atoms. The molecule has 0 saturated carbocycles. The molecule has 1 aliphatic carbocycles. The van der Waals surface area contributed by atoms with Crippen LogP contribution in [0.4, 0.5) is 4.39 Å². The van der Waals surface area contributed by atoms with Crippen LogP contribution in [0.15, 0.2) is 60.1 Å². The normalized spacial score (nSPS) is 17.6. The first-order valence-corrected chi connectivity index (χ1v) is 10.9. The Balaban J connectivity index is 0.00000204. The van der Waals surface area contributed by atoms with Gasteiger partial charge >= 0.3 is 0 Å². The summed E-state index contributed by atoms with van der Waals surface area (Å²) in [6, 6.07) is 9.35. The molecular formula is C25H31FN4O2. The Labute approximate surface area is 190 Å². The van der Waals surface area contributed by atoms with E-state index >= 15 is 0 Å². The number of nitrogens with zero attached hydrogens (tertiary/aromatic N) is 2. The third kappa shape index (κ3) is 5.49. The first-order valence-electron chi connectivity index (χ1n) is 10.9. The minimum Gasteiger partial charge on any atom is -0.353 e. The number of amides is 2. The van der Waals surface area contributed by atoms with Crippen molar-refractivity contribution in [3.05, 3.63) is 77.0 Å². The summed E-state index contributed by atoms with van der Waals surface area (Å²) in [4.78, 5) is 31.7. The molecule has 1 aliphatic heterocycles. The van der Waals surface area contributed by atoms with Gasteiger partial charge in [-0.2, -0.15) is 0 Å². The van der Waals surface area contributed by atoms with Crippen LogP contribution in [0.3, 0.4) is 0 Å². The van der Waals surface area contributed by atoms with Gasteiger partial charge in [-0.05, 0) is 68.4 Å². The van der Waals surface area contributed by atoms with Crippen LogP contribution < -0.4 is 10.6 Å². The molecule has 2 heterocycles. The van der Waals surface area contributed by atoms with Crippen molar-refractivity contribution >= 4 is 17.4 Å². The van der Waals surface area contributed by atoms with Crippen molar-refractivity contribution in [2.75, 3.05) is 20.1 Å². The van der Waals surface area contributed by atoms with Gasteiger partial charge in [-0.1, -0.05) is 12.1 Å². The molecule has 170 valence electrons. The molecule has 32 heavy (non-hydrogen) atoms. The number of piperidine rings is 1. The van der Waals surface area contributed by atoms with E-state index in [1.807, 2.05) is 0 Å². The number of hydrogen-bond donors (Lipinski definition) is 2. The molecule has 1 fully saturated rings. The van der Waals surface area contributed by atoms with E-state index in [4.69, 9.17) is 0 Å². The Morgan fingerprint density at radius 3 is 2.62 bits per heavy atom. The van der Waals surface area contributed by atoms with Crippen LogP contribution in [0.5, 0.6) is 0 Å². The summed E-state index contributed by atoms with van der Waals surface area (Å²) in [7, 11) is 2.08. The van der Waals surface area contributed by atoms with Crippen molar-refractivity contribution in [2.45, 2.75) is 37.8 Å². The van der Waals surface area contributed by atoms with Gasteiger partial charge in [-0.15, -0.1) is 5.73 Å². The van der Waals surface area contributed by atoms with Crippen molar-refractivity contribution in [2.24, 2.45) is 0 Å². The Kier molecular flexibility index (Phi) is 6.78. The van der Waals surface area contributed by atoms with E-state index in [9.17, 15) is 14.0 Å². The SMILES string of the molecule is CN1CCC(NC(=O)CC(NC(=O)c2cccnc2)C2=C=C(c3ccc(F)cc3)C2)CC1.[HH].[HH]. The third-order valence-corrected chi connectivity index (χ3v) is 5.99. The molecular weight excluding hydrogens is 407 g/mol. The van der Waals surface area contributed by atoms with Crippen molar-refractivity contribution in [3.8, 4) is 0 Å². The fourth-order valence-electron chi connectivity index (χ4n) is 4.03. The fraction of sp³-hybridized carbons (Fsp3) is 0.360. The maximum absolute atomic E-state index is 13.2. The second-order valence-corrected chi connectivity index (χ2v) is 8.43. The number of aromatic nitrogens is 1. The first-order chi connectivity index (χ1) is 15.5. The van der Waals surface area contributed by atoms with Crippen molar-refractivity contribution in [3.63, 3.8) is 0 Å². The minimum atomic E-state index is -0.460. The van der Waals surface area contributed by atoms with Crippen LogP contribution >= 0.6 is 0 Å². The van der Waals surface area contributed by atoms with E-state index in [1.54, 1.807) is 30.5 Å². The molecule has 0 radical (unpaired) electrons. The van der Waals surface area contributed by atoms with E-state index < -0.39 is 6.04 Å². The molecule has 1 saturated heterocycles. The Hall–Kier alpha value is -3.28. The predicted octanol–water partition coefficient (Wildman–Crippen LogP) is 3.42. The number of pyridine rings is 1. The Morgan fingerprint density at radius 1 is 1.25 bits per heavy atom. The van der Waals surface area contributed by atoms with Gasteiger partial charge in [0, 0.05) is 33.3 Å². The first kappa shape index (κ1) is 21.9. The monoisotopic (exact) mass is 438 g/mol. The van der Waals surface area contributed by atoms with E-state index in [1.165, 1.54) is 18.3 Å². The number of carbonyl (C=O) groups is 2. The zero-order valence-corrected chi connectivity index (χ0v) is 18.1. The summed E-state index contributed by atoms with van der Waals surface area (Å²) < 4.78 is 13.2. The van der Waals surface area contributed by atoms with E-state index in [2.05, 4.69) is 33.3 Å². The lowest BCUT2D eigenvalue weighted by Gasteiger charge is -2.30. The lowest BCUT2D eigenvalue weighted by atomic mass is 9.85. The number of halogens is 1. The number of benzene rings is 1. The largest absolute Gasteiger partial charge is 0.353 e. The van der Waals surface area contributed by atoms with Crippen molar-refractivity contribution in [1.82, 2.24) is 20.5 Å². The smallest absolute Gasteiger partial charge is 0.253 e. The summed E-state index contributed by atoms with van der Waals surface area (Å²) in [5.74, 6) is -0.648. The average molecular weight is 439 g/mol. The van der Waals surface area contributed by atoms with Gasteiger partial charge in [0.15, 0.2) is 0 Å². The molecule has 4 rings (SSSR count). The highest BCUT2D eigenvalue weighted by Gasteiger charge is 2.27. The molecule has 1 aromatic carbocycles. The van der Waals surface area contributed by atoms with Crippen LogP contribution in [-0.2, 0) is 4.79 Å². The molecule has 7 heteroatoms. The molecule has 6 nitrogen and oxygen atoms in total. The zero-order valence-electron chi connectivity index (χ0n) is 18.1. The molecule has 1 unspecified atom stereocenters. The highest BCUT2D eigenvalue weighted by Crippen LogP contribution is 2.32. The summed E-state index contributed by atoms with van der Waals surface area (Å²) in [5, 5.41) is 6.09.